The normalized spacial score (nSPS) is 27.8. The maximum atomic E-state index is 4.35. The van der Waals surface area contributed by atoms with Gasteiger partial charge < -0.3 is 9.80 Å². The van der Waals surface area contributed by atoms with Gasteiger partial charge in [-0.15, -0.1) is 0 Å². The topological polar surface area (TPSA) is 35.2 Å². The van der Waals surface area contributed by atoms with E-state index in [1.807, 2.05) is 0 Å². The van der Waals surface area contributed by atoms with E-state index in [9.17, 15) is 0 Å². The number of fused-ring (bicyclic) bond motifs is 1. The lowest BCUT2D eigenvalue weighted by Crippen LogP contribution is -2.50. The number of hydrogen-bond donors (Lipinski definition) is 1. The SMILES string of the molecule is Cc1cc(CN(C)C[C@@H]2CCCN3CCCC[C@H]23)n[nH]1. The van der Waals surface area contributed by atoms with E-state index in [1.165, 1.54) is 57.4 Å². The summed E-state index contributed by atoms with van der Waals surface area (Å²) in [5, 5.41) is 7.39. The Labute approximate surface area is 122 Å². The summed E-state index contributed by atoms with van der Waals surface area (Å²) in [6.45, 7) is 6.92. The Hall–Kier alpha value is -0.870. The van der Waals surface area contributed by atoms with E-state index in [0.717, 1.165) is 24.2 Å². The molecule has 1 N–H and O–H groups in total. The van der Waals surface area contributed by atoms with Crippen molar-refractivity contribution in [3.8, 4) is 0 Å². The second-order valence-corrected chi connectivity index (χ2v) is 6.74. The third-order valence-corrected chi connectivity index (χ3v) is 4.97. The van der Waals surface area contributed by atoms with Crippen molar-refractivity contribution in [2.75, 3.05) is 26.7 Å². The van der Waals surface area contributed by atoms with Crippen LogP contribution in [0.25, 0.3) is 0 Å². The predicted octanol–water partition coefficient (Wildman–Crippen LogP) is 2.41. The minimum absolute atomic E-state index is 0.848. The fourth-order valence-corrected chi connectivity index (χ4v) is 4.09. The molecule has 0 aliphatic carbocycles. The molecule has 1 aromatic heterocycles. The molecule has 3 heterocycles. The van der Waals surface area contributed by atoms with E-state index < -0.39 is 0 Å². The van der Waals surface area contributed by atoms with E-state index in [1.54, 1.807) is 0 Å². The maximum absolute atomic E-state index is 4.35. The van der Waals surface area contributed by atoms with Gasteiger partial charge in [-0.25, -0.2) is 0 Å². The zero-order chi connectivity index (χ0) is 13.9. The lowest BCUT2D eigenvalue weighted by atomic mass is 9.83. The average molecular weight is 276 g/mol. The molecule has 0 saturated carbocycles. The summed E-state index contributed by atoms with van der Waals surface area (Å²) in [5.41, 5.74) is 2.32. The molecule has 0 amide bonds. The Morgan fingerprint density at radius 2 is 2.15 bits per heavy atom. The molecule has 0 aromatic carbocycles. The zero-order valence-electron chi connectivity index (χ0n) is 12.9. The highest BCUT2D eigenvalue weighted by Crippen LogP contribution is 2.31. The highest BCUT2D eigenvalue weighted by atomic mass is 15.2. The Kier molecular flexibility index (Phi) is 4.41. The molecule has 4 heteroatoms. The number of aryl methyl sites for hydroxylation is 1. The molecule has 0 unspecified atom stereocenters. The van der Waals surface area contributed by atoms with Crippen LogP contribution in [-0.4, -0.2) is 52.7 Å². The first-order valence-corrected chi connectivity index (χ1v) is 8.16. The number of aromatic nitrogens is 2. The molecule has 4 nitrogen and oxygen atoms in total. The molecule has 112 valence electrons. The largest absolute Gasteiger partial charge is 0.300 e. The monoisotopic (exact) mass is 276 g/mol. The van der Waals surface area contributed by atoms with Crippen LogP contribution in [0.5, 0.6) is 0 Å². The second-order valence-electron chi connectivity index (χ2n) is 6.74. The molecule has 0 spiro atoms. The van der Waals surface area contributed by atoms with Crippen molar-refractivity contribution in [1.82, 2.24) is 20.0 Å². The Bertz CT molecular complexity index is 426. The van der Waals surface area contributed by atoms with Gasteiger partial charge in [-0.05, 0) is 64.7 Å². The van der Waals surface area contributed by atoms with Gasteiger partial charge in [-0.3, -0.25) is 5.10 Å². The van der Waals surface area contributed by atoms with Gasteiger partial charge in [0.25, 0.3) is 0 Å². The molecule has 0 bridgehead atoms. The molecule has 2 atom stereocenters. The van der Waals surface area contributed by atoms with Crippen molar-refractivity contribution < 1.29 is 0 Å². The summed E-state index contributed by atoms with van der Waals surface area (Å²) >= 11 is 0. The highest BCUT2D eigenvalue weighted by Gasteiger charge is 2.33. The van der Waals surface area contributed by atoms with Gasteiger partial charge in [0.15, 0.2) is 0 Å². The molecule has 1 aromatic rings. The molecule has 2 aliphatic rings. The lowest BCUT2D eigenvalue weighted by Gasteiger charge is -2.45. The van der Waals surface area contributed by atoms with Crippen molar-refractivity contribution in [2.24, 2.45) is 5.92 Å². The van der Waals surface area contributed by atoms with Gasteiger partial charge in [0.2, 0.25) is 0 Å². The smallest absolute Gasteiger partial charge is 0.0764 e. The van der Waals surface area contributed by atoms with Crippen molar-refractivity contribution in [3.63, 3.8) is 0 Å². The van der Waals surface area contributed by atoms with Crippen LogP contribution in [0.1, 0.15) is 43.5 Å². The van der Waals surface area contributed by atoms with Gasteiger partial charge >= 0.3 is 0 Å². The minimum atomic E-state index is 0.848. The Morgan fingerprint density at radius 1 is 1.30 bits per heavy atom. The third kappa shape index (κ3) is 3.23. The van der Waals surface area contributed by atoms with Crippen molar-refractivity contribution >= 4 is 0 Å². The second kappa shape index (κ2) is 6.27. The van der Waals surface area contributed by atoms with Crippen LogP contribution in [0.2, 0.25) is 0 Å². The summed E-state index contributed by atoms with van der Waals surface area (Å²) in [7, 11) is 2.24. The molecule has 2 aliphatic heterocycles. The highest BCUT2D eigenvalue weighted by molar-refractivity contribution is 5.06. The fraction of sp³-hybridized carbons (Fsp3) is 0.812. The van der Waals surface area contributed by atoms with Crippen molar-refractivity contribution in [2.45, 2.75) is 51.6 Å². The number of piperidine rings is 2. The zero-order valence-corrected chi connectivity index (χ0v) is 12.9. The number of nitrogens with one attached hydrogen (secondary N) is 1. The quantitative estimate of drug-likeness (QED) is 0.917. The standard InChI is InChI=1S/C16H28N4/c1-13-10-15(18-17-13)12-19(2)11-14-6-5-9-20-8-4-3-7-16(14)20/h10,14,16H,3-9,11-12H2,1-2H3,(H,17,18)/t14-,16+/m0/s1. The first-order chi connectivity index (χ1) is 9.72. The van der Waals surface area contributed by atoms with Crippen LogP contribution >= 0.6 is 0 Å². The average Bonchev–Trinajstić information content (AvgIpc) is 2.84. The van der Waals surface area contributed by atoms with Gasteiger partial charge in [0.05, 0.1) is 5.69 Å². The van der Waals surface area contributed by atoms with E-state index in [4.69, 9.17) is 0 Å². The summed E-state index contributed by atoms with van der Waals surface area (Å²) in [4.78, 5) is 5.21. The first-order valence-electron chi connectivity index (χ1n) is 8.16. The van der Waals surface area contributed by atoms with Crippen molar-refractivity contribution in [1.29, 1.82) is 0 Å². The molecular formula is C16H28N4. The van der Waals surface area contributed by atoms with Crippen molar-refractivity contribution in [3.05, 3.63) is 17.5 Å². The lowest BCUT2D eigenvalue weighted by molar-refractivity contribution is 0.0433. The first kappa shape index (κ1) is 14.1. The van der Waals surface area contributed by atoms with Crippen LogP contribution in [0, 0.1) is 12.8 Å². The third-order valence-electron chi connectivity index (χ3n) is 4.97. The number of aromatic amines is 1. The molecule has 20 heavy (non-hydrogen) atoms. The van der Waals surface area contributed by atoms with Crippen LogP contribution < -0.4 is 0 Å². The van der Waals surface area contributed by atoms with Gasteiger partial charge in [-0.2, -0.15) is 5.10 Å². The Balaban J connectivity index is 1.55. The number of nitrogens with zero attached hydrogens (tertiary/aromatic N) is 3. The van der Waals surface area contributed by atoms with Gasteiger partial charge in [0, 0.05) is 24.8 Å². The van der Waals surface area contributed by atoms with E-state index in [2.05, 4.69) is 40.0 Å². The van der Waals surface area contributed by atoms with E-state index in [0.29, 0.717) is 0 Å². The molecule has 3 rings (SSSR count). The van der Waals surface area contributed by atoms with Crippen LogP contribution in [0.3, 0.4) is 0 Å². The van der Waals surface area contributed by atoms with Gasteiger partial charge in [-0.1, -0.05) is 6.42 Å². The van der Waals surface area contributed by atoms with Crippen LogP contribution in [0.15, 0.2) is 6.07 Å². The number of H-pyrrole nitrogens is 1. The maximum Gasteiger partial charge on any atom is 0.0764 e. The molecule has 2 saturated heterocycles. The number of hydrogen-bond acceptors (Lipinski definition) is 3. The summed E-state index contributed by atoms with van der Waals surface area (Å²) in [5.74, 6) is 0.856. The van der Waals surface area contributed by atoms with Crippen LogP contribution in [-0.2, 0) is 6.54 Å². The minimum Gasteiger partial charge on any atom is -0.300 e. The van der Waals surface area contributed by atoms with Gasteiger partial charge in [0.1, 0.15) is 0 Å². The molecular weight excluding hydrogens is 248 g/mol. The van der Waals surface area contributed by atoms with E-state index in [-0.39, 0.29) is 0 Å². The van der Waals surface area contributed by atoms with Crippen LogP contribution in [0.4, 0.5) is 0 Å². The van der Waals surface area contributed by atoms with E-state index >= 15 is 0 Å². The fourth-order valence-electron chi connectivity index (χ4n) is 4.09. The Morgan fingerprint density at radius 3 is 2.95 bits per heavy atom. The predicted molar refractivity (Wildman–Crippen MR) is 81.6 cm³/mol. The summed E-state index contributed by atoms with van der Waals surface area (Å²) in [6.07, 6.45) is 7.05. The molecule has 0 radical (unpaired) electrons. The number of rotatable bonds is 4. The summed E-state index contributed by atoms with van der Waals surface area (Å²) < 4.78 is 0. The summed E-state index contributed by atoms with van der Waals surface area (Å²) in [6, 6.07) is 3.01. The molecule has 2 fully saturated rings.